The molecule has 1 aliphatic rings. The van der Waals surface area contributed by atoms with Crippen LogP contribution in [0.4, 0.5) is 34.8 Å². The summed E-state index contributed by atoms with van der Waals surface area (Å²) in [4.78, 5) is 39.0. The van der Waals surface area contributed by atoms with Gasteiger partial charge in [0, 0.05) is 32.5 Å². The van der Waals surface area contributed by atoms with Crippen LogP contribution in [0.1, 0.15) is 22.3 Å². The number of carbonyl (C=O) groups excluding carboxylic acids is 2. The molecule has 3 heterocycles. The number of hydrogen-bond acceptors (Lipinski definition) is 7. The van der Waals surface area contributed by atoms with Crippen molar-refractivity contribution in [3.05, 3.63) is 72.2 Å². The lowest BCUT2D eigenvalue weighted by Gasteiger charge is -2.31. The molecule has 0 spiro atoms. The Morgan fingerprint density at radius 3 is 2.47 bits per heavy atom. The first-order valence-corrected chi connectivity index (χ1v) is 10.6. The molecule has 1 aromatic carbocycles. The van der Waals surface area contributed by atoms with E-state index in [-0.39, 0.29) is 36.7 Å². The van der Waals surface area contributed by atoms with Gasteiger partial charge in [-0.15, -0.1) is 0 Å². The maximum atomic E-state index is 13.6. The maximum absolute atomic E-state index is 13.6. The van der Waals surface area contributed by atoms with Gasteiger partial charge in [-0.05, 0) is 30.3 Å². The number of pyridine rings is 1. The summed E-state index contributed by atoms with van der Waals surface area (Å²) in [5.74, 6) is -1.72. The van der Waals surface area contributed by atoms with E-state index < -0.39 is 40.6 Å². The Kier molecular flexibility index (Phi) is 6.84. The van der Waals surface area contributed by atoms with Crippen LogP contribution in [0.5, 0.6) is 0 Å². The number of nitrogens with zero attached hydrogens (tertiary/aromatic N) is 4. The van der Waals surface area contributed by atoms with Crippen molar-refractivity contribution in [1.82, 2.24) is 20.3 Å². The van der Waals surface area contributed by atoms with Crippen LogP contribution in [-0.2, 0) is 15.7 Å². The van der Waals surface area contributed by atoms with E-state index >= 15 is 0 Å². The molecule has 36 heavy (non-hydrogen) atoms. The normalized spacial score (nSPS) is 17.5. The molecule has 1 aliphatic heterocycles. The number of halogens is 4. The molecular formula is C23H20F4N6O3. The molecule has 1 saturated heterocycles. The number of aromatic nitrogens is 3. The van der Waals surface area contributed by atoms with Gasteiger partial charge in [0.1, 0.15) is 23.5 Å². The van der Waals surface area contributed by atoms with E-state index in [4.69, 9.17) is 4.74 Å². The highest BCUT2D eigenvalue weighted by atomic mass is 19.4. The van der Waals surface area contributed by atoms with E-state index in [1.165, 1.54) is 49.0 Å². The van der Waals surface area contributed by atoms with Gasteiger partial charge in [0.05, 0.1) is 35.3 Å². The number of carbonyl (C=O) groups is 2. The molecule has 1 atom stereocenters. The van der Waals surface area contributed by atoms with Gasteiger partial charge in [-0.3, -0.25) is 14.5 Å². The highest BCUT2D eigenvalue weighted by Gasteiger charge is 2.46. The van der Waals surface area contributed by atoms with Crippen molar-refractivity contribution in [2.45, 2.75) is 18.1 Å². The van der Waals surface area contributed by atoms with E-state index in [0.29, 0.717) is 6.07 Å². The molecule has 1 fully saturated rings. The van der Waals surface area contributed by atoms with Gasteiger partial charge in [0.25, 0.3) is 11.8 Å². The van der Waals surface area contributed by atoms with Crippen LogP contribution in [0.3, 0.4) is 0 Å². The molecule has 2 N–H and O–H groups in total. The smallest absolute Gasteiger partial charge is 0.378 e. The Balaban J connectivity index is 1.52. The lowest BCUT2D eigenvalue weighted by atomic mass is 9.96. The van der Waals surface area contributed by atoms with Gasteiger partial charge in [-0.25, -0.2) is 19.3 Å². The topological polar surface area (TPSA) is 109 Å². The summed E-state index contributed by atoms with van der Waals surface area (Å²) in [7, 11) is 1.45. The zero-order valence-corrected chi connectivity index (χ0v) is 18.8. The second-order valence-electron chi connectivity index (χ2n) is 8.05. The molecule has 9 nitrogen and oxygen atoms in total. The van der Waals surface area contributed by atoms with Crippen LogP contribution in [-0.4, -0.2) is 52.6 Å². The molecule has 4 rings (SSSR count). The molecule has 188 valence electrons. The zero-order chi connectivity index (χ0) is 25.9. The summed E-state index contributed by atoms with van der Waals surface area (Å²) in [6.07, 6.45) is 0.639. The fraction of sp³-hybridized carbons (Fsp3) is 0.261. The fourth-order valence-electron chi connectivity index (χ4n) is 3.70. The van der Waals surface area contributed by atoms with Crippen LogP contribution < -0.4 is 15.5 Å². The minimum atomic E-state index is -4.69. The summed E-state index contributed by atoms with van der Waals surface area (Å²) in [6, 6.07) is 4.90. The molecule has 13 heteroatoms. The number of amides is 2. The molecule has 2 aromatic heterocycles. The predicted octanol–water partition coefficient (Wildman–Crippen LogP) is 3.33. The second-order valence-corrected chi connectivity index (χ2v) is 8.05. The average molecular weight is 504 g/mol. The summed E-state index contributed by atoms with van der Waals surface area (Å²) in [5.41, 5.74) is -2.56. The Hall–Kier alpha value is -4.13. The third-order valence-electron chi connectivity index (χ3n) is 5.57. The van der Waals surface area contributed by atoms with Gasteiger partial charge >= 0.3 is 6.18 Å². The highest BCUT2D eigenvalue weighted by molar-refractivity contribution is 6.04. The first kappa shape index (κ1) is 25.0. The van der Waals surface area contributed by atoms with Crippen LogP contribution in [0, 0.1) is 5.82 Å². The largest absolute Gasteiger partial charge is 0.418 e. The van der Waals surface area contributed by atoms with E-state index in [2.05, 4.69) is 25.6 Å². The maximum Gasteiger partial charge on any atom is 0.418 e. The quantitative estimate of drug-likeness (QED) is 0.496. The monoisotopic (exact) mass is 504 g/mol. The molecule has 0 bridgehead atoms. The molecule has 0 radical (unpaired) electrons. The second kappa shape index (κ2) is 9.85. The van der Waals surface area contributed by atoms with Gasteiger partial charge in [-0.1, -0.05) is 0 Å². The highest BCUT2D eigenvalue weighted by Crippen LogP contribution is 2.36. The number of alkyl halides is 3. The average Bonchev–Trinajstić information content (AvgIpc) is 3.33. The molecule has 3 aromatic rings. The van der Waals surface area contributed by atoms with E-state index in [0.717, 1.165) is 12.1 Å². The van der Waals surface area contributed by atoms with Crippen molar-refractivity contribution in [3.63, 3.8) is 0 Å². The number of benzene rings is 1. The third-order valence-corrected chi connectivity index (χ3v) is 5.57. The van der Waals surface area contributed by atoms with Crippen molar-refractivity contribution in [3.8, 4) is 0 Å². The molecule has 0 aliphatic carbocycles. The number of rotatable bonds is 6. The van der Waals surface area contributed by atoms with E-state index in [1.807, 2.05) is 0 Å². The summed E-state index contributed by atoms with van der Waals surface area (Å²) in [5, 5.41) is 5.22. The first-order valence-electron chi connectivity index (χ1n) is 10.6. The number of ether oxygens (including phenoxy) is 1. The summed E-state index contributed by atoms with van der Waals surface area (Å²) in [6.45, 7) is 0.186. The first-order chi connectivity index (χ1) is 17.1. The van der Waals surface area contributed by atoms with Crippen molar-refractivity contribution >= 4 is 29.0 Å². The van der Waals surface area contributed by atoms with Crippen LogP contribution in [0.25, 0.3) is 0 Å². The van der Waals surface area contributed by atoms with Gasteiger partial charge in [-0.2, -0.15) is 13.2 Å². The lowest BCUT2D eigenvalue weighted by molar-refractivity contribution is -0.137. The van der Waals surface area contributed by atoms with Gasteiger partial charge < -0.3 is 15.4 Å². The van der Waals surface area contributed by atoms with Crippen molar-refractivity contribution < 1.29 is 31.9 Å². The van der Waals surface area contributed by atoms with Gasteiger partial charge in [0.2, 0.25) is 0 Å². The van der Waals surface area contributed by atoms with Crippen molar-refractivity contribution in [1.29, 1.82) is 0 Å². The van der Waals surface area contributed by atoms with Gasteiger partial charge in [0.15, 0.2) is 0 Å². The Labute approximate surface area is 202 Å². The fourth-order valence-corrected chi connectivity index (χ4v) is 3.70. The molecule has 0 unspecified atom stereocenters. The van der Waals surface area contributed by atoms with Crippen molar-refractivity contribution in [2.24, 2.45) is 0 Å². The standard InChI is InChI=1S/C23H20F4N6O3/c1-33(21(35)22(6-7-36-12-22)32-20(34)14-9-28-13-29-10-14)19-5-3-16(11-30-19)31-18-8-15(24)2-4-17(18)23(25,26)27/h2-5,8-11,13,31H,6-7,12H2,1H3,(H,32,34)/t22-/m0/s1. The minimum Gasteiger partial charge on any atom is -0.378 e. The number of nitrogens with one attached hydrogen (secondary N) is 2. The van der Waals surface area contributed by atoms with E-state index in [9.17, 15) is 27.2 Å². The number of anilines is 3. The van der Waals surface area contributed by atoms with Crippen LogP contribution >= 0.6 is 0 Å². The number of hydrogen-bond donors (Lipinski definition) is 2. The molecule has 0 saturated carbocycles. The van der Waals surface area contributed by atoms with Crippen molar-refractivity contribution in [2.75, 3.05) is 30.5 Å². The molecule has 2 amide bonds. The predicted molar refractivity (Wildman–Crippen MR) is 120 cm³/mol. The zero-order valence-electron chi connectivity index (χ0n) is 18.8. The van der Waals surface area contributed by atoms with Crippen LogP contribution in [0.15, 0.2) is 55.2 Å². The third kappa shape index (κ3) is 5.25. The van der Waals surface area contributed by atoms with E-state index in [1.54, 1.807) is 0 Å². The Morgan fingerprint density at radius 1 is 1.11 bits per heavy atom. The Bertz CT molecular complexity index is 1250. The SMILES string of the molecule is CN(C(=O)[C@]1(NC(=O)c2cncnc2)CCOC1)c1ccc(Nc2cc(F)ccc2C(F)(F)F)cn1. The van der Waals surface area contributed by atoms with Crippen LogP contribution in [0.2, 0.25) is 0 Å². The Morgan fingerprint density at radius 2 is 1.86 bits per heavy atom. The molecular weight excluding hydrogens is 484 g/mol. The summed E-state index contributed by atoms with van der Waals surface area (Å²) < 4.78 is 58.7. The lowest BCUT2D eigenvalue weighted by Crippen LogP contribution is -2.60. The summed E-state index contributed by atoms with van der Waals surface area (Å²) >= 11 is 0. The number of likely N-dealkylation sites (N-methyl/N-ethyl adjacent to an activating group) is 1. The minimum absolute atomic E-state index is 0.0605.